The lowest BCUT2D eigenvalue weighted by molar-refractivity contribution is 0.174. The Balaban J connectivity index is 0.00000120. The van der Waals surface area contributed by atoms with Crippen molar-refractivity contribution in [2.45, 2.75) is 25.3 Å². The molecular weight excluding hydrogens is 246 g/mol. The normalized spacial score (nSPS) is 24.1. The summed E-state index contributed by atoms with van der Waals surface area (Å²) in [5, 5.41) is 12.4. The maximum Gasteiger partial charge on any atom is 0.0991 e. The molecular formula is C14H18ClN3. The largest absolute Gasteiger partial charge is 0.323 e. The Morgan fingerprint density at radius 3 is 2.72 bits per heavy atom. The number of halogens is 1. The molecule has 4 heteroatoms. The van der Waals surface area contributed by atoms with Crippen LogP contribution in [0.25, 0.3) is 0 Å². The maximum atomic E-state index is 8.96. The highest BCUT2D eigenvalue weighted by Crippen LogP contribution is 2.49. The van der Waals surface area contributed by atoms with Gasteiger partial charge in [0, 0.05) is 6.04 Å². The second kappa shape index (κ2) is 4.89. The van der Waals surface area contributed by atoms with Crippen LogP contribution in [0, 0.1) is 16.7 Å². The van der Waals surface area contributed by atoms with Crippen molar-refractivity contribution in [3.8, 4) is 6.07 Å². The molecule has 1 spiro atoms. The lowest BCUT2D eigenvalue weighted by atomic mass is 9.73. The molecule has 0 saturated carbocycles. The molecule has 18 heavy (non-hydrogen) atoms. The summed E-state index contributed by atoms with van der Waals surface area (Å²) < 4.78 is 0. The van der Waals surface area contributed by atoms with Crippen molar-refractivity contribution in [3.63, 3.8) is 0 Å². The number of nitrogens with one attached hydrogen (secondary N) is 1. The van der Waals surface area contributed by atoms with E-state index in [9.17, 15) is 0 Å². The van der Waals surface area contributed by atoms with Crippen molar-refractivity contribution in [1.29, 1.82) is 5.26 Å². The first-order valence-electron chi connectivity index (χ1n) is 6.24. The lowest BCUT2D eigenvalue weighted by Gasteiger charge is -2.37. The molecule has 3 rings (SSSR count). The smallest absolute Gasteiger partial charge is 0.0991 e. The van der Waals surface area contributed by atoms with Crippen LogP contribution in [-0.4, -0.2) is 13.1 Å². The van der Waals surface area contributed by atoms with Gasteiger partial charge in [0.1, 0.15) is 0 Å². The molecule has 3 N–H and O–H groups in total. The third-order valence-electron chi connectivity index (χ3n) is 4.41. The van der Waals surface area contributed by atoms with Gasteiger partial charge in [-0.25, -0.2) is 0 Å². The Morgan fingerprint density at radius 1 is 1.33 bits per heavy atom. The minimum atomic E-state index is 0. The third kappa shape index (κ3) is 1.91. The van der Waals surface area contributed by atoms with Gasteiger partial charge < -0.3 is 11.1 Å². The molecule has 2 aliphatic rings. The number of nitrogens with zero attached hydrogens (tertiary/aromatic N) is 1. The molecule has 1 saturated heterocycles. The molecule has 3 nitrogen and oxygen atoms in total. The standard InChI is InChI=1S/C14H17N3.ClH/c15-9-10-1-2-11-8-14(3-5-17-6-4-14)13(16)12(11)7-10;/h1-2,7,13,17H,3-6,8,16H2;1H. The van der Waals surface area contributed by atoms with Gasteiger partial charge in [-0.05, 0) is 61.0 Å². The van der Waals surface area contributed by atoms with Gasteiger partial charge in [0.05, 0.1) is 11.6 Å². The number of piperidine rings is 1. The number of nitriles is 1. The average Bonchev–Trinajstić information content (AvgIpc) is 2.63. The third-order valence-corrected chi connectivity index (χ3v) is 4.41. The van der Waals surface area contributed by atoms with Gasteiger partial charge in [-0.1, -0.05) is 6.07 Å². The molecule has 96 valence electrons. The number of fused-ring (bicyclic) bond motifs is 1. The van der Waals surface area contributed by atoms with E-state index in [-0.39, 0.29) is 23.9 Å². The second-order valence-corrected chi connectivity index (χ2v) is 5.29. The summed E-state index contributed by atoms with van der Waals surface area (Å²) >= 11 is 0. The van der Waals surface area contributed by atoms with Crippen molar-refractivity contribution in [3.05, 3.63) is 34.9 Å². The van der Waals surface area contributed by atoms with Crippen LogP contribution in [0.3, 0.4) is 0 Å². The van der Waals surface area contributed by atoms with Crippen molar-refractivity contribution in [2.24, 2.45) is 11.1 Å². The van der Waals surface area contributed by atoms with Gasteiger partial charge in [0.15, 0.2) is 0 Å². The van der Waals surface area contributed by atoms with E-state index in [1.165, 1.54) is 11.1 Å². The van der Waals surface area contributed by atoms with Crippen molar-refractivity contribution < 1.29 is 0 Å². The minimum absolute atomic E-state index is 0. The van der Waals surface area contributed by atoms with E-state index >= 15 is 0 Å². The summed E-state index contributed by atoms with van der Waals surface area (Å²) in [5.74, 6) is 0. The Kier molecular flexibility index (Phi) is 3.63. The van der Waals surface area contributed by atoms with Crippen LogP contribution in [0.15, 0.2) is 18.2 Å². The summed E-state index contributed by atoms with van der Waals surface area (Å²) in [7, 11) is 0. The highest BCUT2D eigenvalue weighted by atomic mass is 35.5. The predicted molar refractivity (Wildman–Crippen MR) is 73.6 cm³/mol. The lowest BCUT2D eigenvalue weighted by Crippen LogP contribution is -2.42. The summed E-state index contributed by atoms with van der Waals surface area (Å²) in [6.07, 6.45) is 3.37. The summed E-state index contributed by atoms with van der Waals surface area (Å²) in [6, 6.07) is 8.28. The Morgan fingerprint density at radius 2 is 2.06 bits per heavy atom. The van der Waals surface area contributed by atoms with E-state index in [0.29, 0.717) is 0 Å². The Labute approximate surface area is 114 Å². The first kappa shape index (κ1) is 13.4. The van der Waals surface area contributed by atoms with Gasteiger partial charge in [-0.2, -0.15) is 5.26 Å². The fourth-order valence-corrected chi connectivity index (χ4v) is 3.35. The molecule has 1 atom stereocenters. The van der Waals surface area contributed by atoms with Crippen LogP contribution >= 0.6 is 12.4 Å². The van der Waals surface area contributed by atoms with Gasteiger partial charge in [-0.15, -0.1) is 12.4 Å². The van der Waals surface area contributed by atoms with Gasteiger partial charge >= 0.3 is 0 Å². The molecule has 0 radical (unpaired) electrons. The zero-order valence-electron chi connectivity index (χ0n) is 10.3. The SMILES string of the molecule is Cl.N#Cc1ccc2c(c1)C(N)C1(CCNCC1)C2. The predicted octanol–water partition coefficient (Wildman–Crippen LogP) is 1.91. The zero-order chi connectivity index (χ0) is 11.9. The fraction of sp³-hybridized carbons (Fsp3) is 0.500. The topological polar surface area (TPSA) is 61.8 Å². The first-order chi connectivity index (χ1) is 8.25. The Bertz CT molecular complexity index is 486. The average molecular weight is 264 g/mol. The molecule has 1 aliphatic carbocycles. The van der Waals surface area contributed by atoms with E-state index in [1.807, 2.05) is 12.1 Å². The monoisotopic (exact) mass is 263 g/mol. The first-order valence-corrected chi connectivity index (χ1v) is 6.24. The van der Waals surface area contributed by atoms with Crippen molar-refractivity contribution in [1.82, 2.24) is 5.32 Å². The van der Waals surface area contributed by atoms with E-state index in [1.54, 1.807) is 0 Å². The van der Waals surface area contributed by atoms with Crippen LogP contribution in [0.4, 0.5) is 0 Å². The van der Waals surface area contributed by atoms with Crippen molar-refractivity contribution in [2.75, 3.05) is 13.1 Å². The molecule has 0 amide bonds. The number of nitrogens with two attached hydrogens (primary N) is 1. The summed E-state index contributed by atoms with van der Waals surface area (Å²) in [5.41, 5.74) is 9.95. The number of hydrogen-bond acceptors (Lipinski definition) is 3. The zero-order valence-corrected chi connectivity index (χ0v) is 11.1. The molecule has 1 unspecified atom stereocenters. The van der Waals surface area contributed by atoms with Crippen LogP contribution in [-0.2, 0) is 6.42 Å². The number of rotatable bonds is 0. The molecule has 0 bridgehead atoms. The highest BCUT2D eigenvalue weighted by molar-refractivity contribution is 5.85. The van der Waals surface area contributed by atoms with Gasteiger partial charge in [0.2, 0.25) is 0 Å². The van der Waals surface area contributed by atoms with E-state index in [0.717, 1.165) is 37.9 Å². The molecule has 1 aromatic rings. The fourth-order valence-electron chi connectivity index (χ4n) is 3.35. The Hall–Kier alpha value is -1.08. The number of hydrogen-bond donors (Lipinski definition) is 2. The van der Waals surface area contributed by atoms with Crippen LogP contribution in [0.1, 0.15) is 35.6 Å². The molecule has 1 aliphatic heterocycles. The summed E-state index contributed by atoms with van der Waals surface area (Å²) in [6.45, 7) is 2.12. The molecule has 0 aromatic heterocycles. The second-order valence-electron chi connectivity index (χ2n) is 5.29. The van der Waals surface area contributed by atoms with Crippen molar-refractivity contribution >= 4 is 12.4 Å². The van der Waals surface area contributed by atoms with E-state index in [4.69, 9.17) is 11.0 Å². The molecule has 1 heterocycles. The van der Waals surface area contributed by atoms with Crippen LogP contribution in [0.5, 0.6) is 0 Å². The van der Waals surface area contributed by atoms with E-state index in [2.05, 4.69) is 17.5 Å². The quantitative estimate of drug-likeness (QED) is 0.752. The highest BCUT2D eigenvalue weighted by Gasteiger charge is 2.44. The van der Waals surface area contributed by atoms with Crippen LogP contribution in [0.2, 0.25) is 0 Å². The number of benzene rings is 1. The summed E-state index contributed by atoms with van der Waals surface area (Å²) in [4.78, 5) is 0. The molecule has 1 fully saturated rings. The minimum Gasteiger partial charge on any atom is -0.323 e. The van der Waals surface area contributed by atoms with Gasteiger partial charge in [0.25, 0.3) is 0 Å². The van der Waals surface area contributed by atoms with Gasteiger partial charge in [-0.3, -0.25) is 0 Å². The van der Waals surface area contributed by atoms with E-state index < -0.39 is 0 Å². The maximum absolute atomic E-state index is 8.96. The van der Waals surface area contributed by atoms with Crippen LogP contribution < -0.4 is 11.1 Å². The molecule has 1 aromatic carbocycles.